The molecule has 0 aliphatic rings. The summed E-state index contributed by atoms with van der Waals surface area (Å²) in [5, 5.41) is 3.05. The maximum absolute atomic E-state index is 13.0. The van der Waals surface area contributed by atoms with Gasteiger partial charge in [-0.2, -0.15) is 0 Å². The molecule has 0 aliphatic heterocycles. The number of nitrogens with one attached hydrogen (secondary N) is 1. The van der Waals surface area contributed by atoms with Crippen LogP contribution in [0, 0.1) is 11.6 Å². The summed E-state index contributed by atoms with van der Waals surface area (Å²) >= 11 is 3.10. The molecule has 0 unspecified atom stereocenters. The Hall–Kier alpha value is -1.49. The lowest BCUT2D eigenvalue weighted by atomic mass is 10.2. The van der Waals surface area contributed by atoms with Gasteiger partial charge in [-0.15, -0.1) is 0 Å². The van der Waals surface area contributed by atoms with Crippen LogP contribution in [-0.4, -0.2) is 4.98 Å². The fourth-order valence-electron chi connectivity index (χ4n) is 1.36. The molecule has 2 nitrogen and oxygen atoms in total. The fourth-order valence-corrected chi connectivity index (χ4v) is 1.74. The summed E-state index contributed by atoms with van der Waals surface area (Å²) in [5.41, 5.74) is 1.48. The maximum atomic E-state index is 13.0. The lowest BCUT2D eigenvalue weighted by molar-refractivity contribution is 0.619. The molecule has 1 aromatic heterocycles. The van der Waals surface area contributed by atoms with E-state index in [2.05, 4.69) is 26.2 Å². The minimum atomic E-state index is -0.371. The van der Waals surface area contributed by atoms with Gasteiger partial charge in [-0.3, -0.25) is 4.98 Å². The molecule has 0 fully saturated rings. The van der Waals surface area contributed by atoms with Crippen molar-refractivity contribution in [1.82, 2.24) is 4.98 Å². The SMILES string of the molecule is Fc1cncc(CNc2ccc(F)c(Br)c2)c1. The van der Waals surface area contributed by atoms with Crippen LogP contribution < -0.4 is 5.32 Å². The van der Waals surface area contributed by atoms with E-state index in [0.717, 1.165) is 17.4 Å². The van der Waals surface area contributed by atoms with Gasteiger partial charge in [0.1, 0.15) is 11.6 Å². The van der Waals surface area contributed by atoms with Gasteiger partial charge in [0.15, 0.2) is 0 Å². The van der Waals surface area contributed by atoms with Crippen LogP contribution in [-0.2, 0) is 6.54 Å². The van der Waals surface area contributed by atoms with Crippen molar-refractivity contribution in [2.75, 3.05) is 5.32 Å². The first-order valence-corrected chi connectivity index (χ1v) is 5.73. The molecule has 0 amide bonds. The van der Waals surface area contributed by atoms with E-state index in [9.17, 15) is 8.78 Å². The van der Waals surface area contributed by atoms with Crippen LogP contribution in [0.1, 0.15) is 5.56 Å². The number of hydrogen-bond donors (Lipinski definition) is 1. The van der Waals surface area contributed by atoms with Crippen molar-refractivity contribution >= 4 is 21.6 Å². The molecule has 17 heavy (non-hydrogen) atoms. The molecule has 0 aliphatic carbocycles. The van der Waals surface area contributed by atoms with E-state index in [-0.39, 0.29) is 11.6 Å². The number of halogens is 3. The van der Waals surface area contributed by atoms with Gasteiger partial charge in [-0.25, -0.2) is 8.78 Å². The molecule has 1 N–H and O–H groups in total. The highest BCUT2D eigenvalue weighted by Crippen LogP contribution is 2.20. The van der Waals surface area contributed by atoms with Crippen molar-refractivity contribution in [3.63, 3.8) is 0 Å². The third-order valence-corrected chi connectivity index (χ3v) is 2.79. The maximum Gasteiger partial charge on any atom is 0.141 e. The zero-order valence-electron chi connectivity index (χ0n) is 8.75. The van der Waals surface area contributed by atoms with Crippen LogP contribution in [0.4, 0.5) is 14.5 Å². The Morgan fingerprint density at radius 2 is 2.00 bits per heavy atom. The average molecular weight is 299 g/mol. The highest BCUT2D eigenvalue weighted by Gasteiger charge is 2.01. The van der Waals surface area contributed by atoms with Crippen LogP contribution in [0.5, 0.6) is 0 Å². The molecular formula is C12H9BrF2N2. The lowest BCUT2D eigenvalue weighted by Crippen LogP contribution is -2.00. The molecule has 2 rings (SSSR count). The normalized spacial score (nSPS) is 10.3. The Kier molecular flexibility index (Phi) is 3.68. The van der Waals surface area contributed by atoms with Crippen molar-refractivity contribution in [3.05, 3.63) is 58.3 Å². The Bertz CT molecular complexity index is 532. The van der Waals surface area contributed by atoms with Crippen molar-refractivity contribution in [2.24, 2.45) is 0 Å². The largest absolute Gasteiger partial charge is 0.381 e. The molecule has 0 bridgehead atoms. The molecule has 1 aromatic carbocycles. The van der Waals surface area contributed by atoms with E-state index in [1.807, 2.05) is 0 Å². The topological polar surface area (TPSA) is 24.9 Å². The van der Waals surface area contributed by atoms with Gasteiger partial charge >= 0.3 is 0 Å². The van der Waals surface area contributed by atoms with Crippen LogP contribution in [0.3, 0.4) is 0 Å². The van der Waals surface area contributed by atoms with Crippen LogP contribution >= 0.6 is 15.9 Å². The Labute approximate surface area is 106 Å². The summed E-state index contributed by atoms with van der Waals surface area (Å²) in [5.74, 6) is -0.687. The van der Waals surface area contributed by atoms with Crippen LogP contribution in [0.25, 0.3) is 0 Å². The zero-order valence-corrected chi connectivity index (χ0v) is 10.3. The first-order chi connectivity index (χ1) is 8.15. The van der Waals surface area contributed by atoms with E-state index in [1.54, 1.807) is 18.3 Å². The predicted octanol–water partition coefficient (Wildman–Crippen LogP) is 3.73. The number of pyridine rings is 1. The van der Waals surface area contributed by atoms with Gasteiger partial charge in [0, 0.05) is 18.4 Å². The molecule has 5 heteroatoms. The van der Waals surface area contributed by atoms with Crippen molar-refractivity contribution in [2.45, 2.75) is 6.54 Å². The first kappa shape index (κ1) is 12.0. The number of anilines is 1. The van der Waals surface area contributed by atoms with Crippen LogP contribution in [0.2, 0.25) is 0 Å². The molecule has 2 aromatic rings. The number of aromatic nitrogens is 1. The average Bonchev–Trinajstić information content (AvgIpc) is 2.31. The molecule has 0 saturated carbocycles. The summed E-state index contributed by atoms with van der Waals surface area (Å²) in [6.07, 6.45) is 2.73. The summed E-state index contributed by atoms with van der Waals surface area (Å²) < 4.78 is 26.2. The summed E-state index contributed by atoms with van der Waals surface area (Å²) in [7, 11) is 0. The lowest BCUT2D eigenvalue weighted by Gasteiger charge is -2.07. The second-order valence-corrected chi connectivity index (χ2v) is 4.35. The van der Waals surface area contributed by atoms with E-state index in [1.165, 1.54) is 12.1 Å². The second-order valence-electron chi connectivity index (χ2n) is 3.49. The summed E-state index contributed by atoms with van der Waals surface area (Å²) in [6, 6.07) is 6.00. The molecule has 0 saturated heterocycles. The quantitative estimate of drug-likeness (QED) is 0.934. The monoisotopic (exact) mass is 298 g/mol. The van der Waals surface area contributed by atoms with Gasteiger partial charge < -0.3 is 5.32 Å². The van der Waals surface area contributed by atoms with E-state index in [0.29, 0.717) is 11.0 Å². The van der Waals surface area contributed by atoms with Crippen molar-refractivity contribution in [3.8, 4) is 0 Å². The highest BCUT2D eigenvalue weighted by atomic mass is 79.9. The smallest absolute Gasteiger partial charge is 0.141 e. The Morgan fingerprint density at radius 3 is 2.71 bits per heavy atom. The number of nitrogens with zero attached hydrogens (tertiary/aromatic N) is 1. The van der Waals surface area contributed by atoms with E-state index in [4.69, 9.17) is 0 Å². The van der Waals surface area contributed by atoms with Gasteiger partial charge in [-0.05, 0) is 45.8 Å². The van der Waals surface area contributed by atoms with E-state index >= 15 is 0 Å². The first-order valence-electron chi connectivity index (χ1n) is 4.93. The standard InChI is InChI=1S/C12H9BrF2N2/c13-11-4-10(1-2-12(11)15)17-6-8-3-9(14)7-16-5-8/h1-5,7,17H,6H2. The second kappa shape index (κ2) is 5.23. The number of hydrogen-bond acceptors (Lipinski definition) is 2. The molecule has 1 heterocycles. The minimum absolute atomic E-state index is 0.317. The van der Waals surface area contributed by atoms with Crippen molar-refractivity contribution < 1.29 is 8.78 Å². The number of benzene rings is 1. The van der Waals surface area contributed by atoms with Gasteiger partial charge in [-0.1, -0.05) is 0 Å². The van der Waals surface area contributed by atoms with Gasteiger partial charge in [0.05, 0.1) is 10.7 Å². The fraction of sp³-hybridized carbons (Fsp3) is 0.0833. The third kappa shape index (κ3) is 3.23. The van der Waals surface area contributed by atoms with E-state index < -0.39 is 0 Å². The zero-order chi connectivity index (χ0) is 12.3. The summed E-state index contributed by atoms with van der Waals surface area (Å²) in [6.45, 7) is 0.433. The molecule has 88 valence electrons. The van der Waals surface area contributed by atoms with Gasteiger partial charge in [0.25, 0.3) is 0 Å². The summed E-state index contributed by atoms with van der Waals surface area (Å²) in [4.78, 5) is 3.74. The molecule has 0 atom stereocenters. The minimum Gasteiger partial charge on any atom is -0.381 e. The Balaban J connectivity index is 2.05. The molecular weight excluding hydrogens is 290 g/mol. The third-order valence-electron chi connectivity index (χ3n) is 2.18. The van der Waals surface area contributed by atoms with Crippen LogP contribution in [0.15, 0.2) is 41.1 Å². The number of rotatable bonds is 3. The molecule has 0 spiro atoms. The van der Waals surface area contributed by atoms with Crippen molar-refractivity contribution in [1.29, 1.82) is 0 Å². The predicted molar refractivity (Wildman–Crippen MR) is 65.6 cm³/mol. The highest BCUT2D eigenvalue weighted by molar-refractivity contribution is 9.10. The Morgan fingerprint density at radius 1 is 1.18 bits per heavy atom. The van der Waals surface area contributed by atoms with Gasteiger partial charge in [0.2, 0.25) is 0 Å². The molecule has 0 radical (unpaired) electrons.